The van der Waals surface area contributed by atoms with Crippen molar-refractivity contribution < 1.29 is 14.1 Å². The second-order valence-corrected chi connectivity index (χ2v) is 4.13. The van der Waals surface area contributed by atoms with E-state index in [1.165, 1.54) is 36.4 Å². The number of hydrazine groups is 1. The number of hydrogen-bond donors (Lipinski definition) is 2. The van der Waals surface area contributed by atoms with Gasteiger partial charge in [-0.2, -0.15) is 0 Å². The van der Waals surface area contributed by atoms with Crippen molar-refractivity contribution in [2.75, 3.05) is 5.43 Å². The van der Waals surface area contributed by atoms with Crippen molar-refractivity contribution in [1.29, 1.82) is 0 Å². The number of rotatable bonds is 4. The van der Waals surface area contributed by atoms with E-state index in [0.29, 0.717) is 17.0 Å². The van der Waals surface area contributed by atoms with Crippen LogP contribution in [0.4, 0.5) is 15.8 Å². The number of nitro groups is 1. The summed E-state index contributed by atoms with van der Waals surface area (Å²) in [6.45, 7) is 1.68. The van der Waals surface area contributed by atoms with E-state index >= 15 is 0 Å². The molecule has 0 spiro atoms. The largest absolute Gasteiger partial charge is 0.457 e. The van der Waals surface area contributed by atoms with Crippen LogP contribution in [0.5, 0.6) is 11.5 Å². The van der Waals surface area contributed by atoms with Crippen LogP contribution >= 0.6 is 0 Å². The molecule has 2 aromatic carbocycles. The number of aryl methyl sites for hydroxylation is 1. The first kappa shape index (κ1) is 13.8. The monoisotopic (exact) mass is 277 g/mol. The Morgan fingerprint density at radius 1 is 1.30 bits per heavy atom. The molecule has 3 N–H and O–H groups in total. The van der Waals surface area contributed by atoms with Crippen molar-refractivity contribution in [2.24, 2.45) is 5.84 Å². The Bertz CT molecular complexity index is 661. The van der Waals surface area contributed by atoms with Crippen LogP contribution < -0.4 is 16.0 Å². The van der Waals surface area contributed by atoms with Gasteiger partial charge in [0.15, 0.2) is 0 Å². The summed E-state index contributed by atoms with van der Waals surface area (Å²) in [5.41, 5.74) is 3.09. The predicted molar refractivity (Wildman–Crippen MR) is 72.1 cm³/mol. The van der Waals surface area contributed by atoms with Gasteiger partial charge in [0.1, 0.15) is 17.3 Å². The van der Waals surface area contributed by atoms with Crippen LogP contribution in [0.25, 0.3) is 0 Å². The average Bonchev–Trinajstić information content (AvgIpc) is 2.41. The van der Waals surface area contributed by atoms with Crippen LogP contribution in [0, 0.1) is 22.9 Å². The van der Waals surface area contributed by atoms with Gasteiger partial charge in [0.2, 0.25) is 0 Å². The minimum atomic E-state index is -0.550. The van der Waals surface area contributed by atoms with Gasteiger partial charge in [0.25, 0.3) is 5.69 Å². The molecule has 7 heteroatoms. The standard InChI is InChI=1S/C13H12FN3O3/c1-8-4-9(14)2-3-13(8)20-12-6-10(16-15)5-11(7-12)17(18)19/h2-7,16H,15H2,1H3. The lowest BCUT2D eigenvalue weighted by atomic mass is 10.2. The number of non-ortho nitro benzene ring substituents is 1. The van der Waals surface area contributed by atoms with Crippen LogP contribution in [0.15, 0.2) is 36.4 Å². The highest BCUT2D eigenvalue weighted by molar-refractivity contribution is 5.56. The molecule has 2 rings (SSSR count). The van der Waals surface area contributed by atoms with Crippen LogP contribution in [0.3, 0.4) is 0 Å². The molecule has 0 aromatic heterocycles. The van der Waals surface area contributed by atoms with Gasteiger partial charge < -0.3 is 10.2 Å². The summed E-state index contributed by atoms with van der Waals surface area (Å²) in [4.78, 5) is 10.3. The van der Waals surface area contributed by atoms with Gasteiger partial charge in [-0.05, 0) is 30.7 Å². The Labute approximate surface area is 114 Å². The fourth-order valence-electron chi connectivity index (χ4n) is 1.69. The molecule has 104 valence electrons. The summed E-state index contributed by atoms with van der Waals surface area (Å²) in [6, 6.07) is 8.08. The zero-order valence-electron chi connectivity index (χ0n) is 10.6. The molecule has 0 bridgehead atoms. The number of halogens is 1. The molecule has 0 heterocycles. The van der Waals surface area contributed by atoms with Gasteiger partial charge in [0, 0.05) is 12.1 Å². The smallest absolute Gasteiger partial charge is 0.275 e. The Hall–Kier alpha value is -2.67. The summed E-state index contributed by atoms with van der Waals surface area (Å²) >= 11 is 0. The van der Waals surface area contributed by atoms with E-state index in [1.54, 1.807) is 6.92 Å². The Kier molecular flexibility index (Phi) is 3.81. The second-order valence-electron chi connectivity index (χ2n) is 4.13. The number of anilines is 1. The molecule has 0 atom stereocenters. The summed E-state index contributed by atoms with van der Waals surface area (Å²) in [5.74, 6) is 5.53. The Morgan fingerprint density at radius 3 is 2.65 bits per heavy atom. The van der Waals surface area contributed by atoms with E-state index in [1.807, 2.05) is 0 Å². The molecule has 0 aliphatic heterocycles. The van der Waals surface area contributed by atoms with Crippen LogP contribution in [0.2, 0.25) is 0 Å². The molecule has 0 unspecified atom stereocenters. The van der Waals surface area contributed by atoms with Gasteiger partial charge in [0.05, 0.1) is 16.7 Å². The first-order valence-electron chi connectivity index (χ1n) is 5.69. The number of nitrogens with zero attached hydrogens (tertiary/aromatic N) is 1. The van der Waals surface area contributed by atoms with E-state index in [0.717, 1.165) is 0 Å². The molecule has 0 radical (unpaired) electrons. The van der Waals surface area contributed by atoms with Gasteiger partial charge in [-0.25, -0.2) is 4.39 Å². The lowest BCUT2D eigenvalue weighted by Gasteiger charge is -2.10. The van der Waals surface area contributed by atoms with Gasteiger partial charge in [-0.3, -0.25) is 16.0 Å². The van der Waals surface area contributed by atoms with Crippen molar-refractivity contribution in [3.8, 4) is 11.5 Å². The molecule has 0 fully saturated rings. The van der Waals surface area contributed by atoms with E-state index < -0.39 is 4.92 Å². The van der Waals surface area contributed by atoms with Crippen LogP contribution in [-0.2, 0) is 0 Å². The van der Waals surface area contributed by atoms with Crippen molar-refractivity contribution >= 4 is 11.4 Å². The van der Waals surface area contributed by atoms with Crippen molar-refractivity contribution in [3.05, 3.63) is 57.9 Å². The summed E-state index contributed by atoms with van der Waals surface area (Å²) in [5, 5.41) is 10.8. The quantitative estimate of drug-likeness (QED) is 0.509. The third-order valence-corrected chi connectivity index (χ3v) is 2.63. The zero-order valence-corrected chi connectivity index (χ0v) is 10.6. The van der Waals surface area contributed by atoms with Gasteiger partial charge >= 0.3 is 0 Å². The SMILES string of the molecule is Cc1cc(F)ccc1Oc1cc(NN)cc([N+](=O)[O-])c1. The molecule has 0 amide bonds. The van der Waals surface area contributed by atoms with Crippen LogP contribution in [0.1, 0.15) is 5.56 Å². The summed E-state index contributed by atoms with van der Waals surface area (Å²) in [7, 11) is 0. The molecular formula is C13H12FN3O3. The lowest BCUT2D eigenvalue weighted by molar-refractivity contribution is -0.384. The lowest BCUT2D eigenvalue weighted by Crippen LogP contribution is -2.07. The number of nitrogens with two attached hydrogens (primary N) is 1. The van der Waals surface area contributed by atoms with Crippen molar-refractivity contribution in [3.63, 3.8) is 0 Å². The fraction of sp³-hybridized carbons (Fsp3) is 0.0769. The van der Waals surface area contributed by atoms with Crippen molar-refractivity contribution in [2.45, 2.75) is 6.92 Å². The molecule has 0 aliphatic carbocycles. The molecular weight excluding hydrogens is 265 g/mol. The molecule has 2 aromatic rings. The third-order valence-electron chi connectivity index (χ3n) is 2.63. The molecule has 6 nitrogen and oxygen atoms in total. The number of benzene rings is 2. The summed E-state index contributed by atoms with van der Waals surface area (Å²) in [6.07, 6.45) is 0. The summed E-state index contributed by atoms with van der Waals surface area (Å²) < 4.78 is 18.5. The molecule has 0 saturated heterocycles. The average molecular weight is 277 g/mol. The van der Waals surface area contributed by atoms with Gasteiger partial charge in [-0.1, -0.05) is 0 Å². The second kappa shape index (κ2) is 5.54. The Morgan fingerprint density at radius 2 is 2.05 bits per heavy atom. The number of nitrogens with one attached hydrogen (secondary N) is 1. The zero-order chi connectivity index (χ0) is 14.7. The number of nitrogen functional groups attached to an aromatic ring is 1. The van der Waals surface area contributed by atoms with E-state index in [4.69, 9.17) is 10.6 Å². The van der Waals surface area contributed by atoms with Crippen molar-refractivity contribution in [1.82, 2.24) is 0 Å². The highest BCUT2D eigenvalue weighted by Crippen LogP contribution is 2.31. The molecule has 0 saturated carbocycles. The number of nitro benzene ring substituents is 1. The van der Waals surface area contributed by atoms with E-state index in [-0.39, 0.29) is 17.3 Å². The maximum absolute atomic E-state index is 13.0. The molecule has 0 aliphatic rings. The number of hydrogen-bond acceptors (Lipinski definition) is 5. The molecule has 20 heavy (non-hydrogen) atoms. The number of ether oxygens (including phenoxy) is 1. The third kappa shape index (κ3) is 3.01. The normalized spacial score (nSPS) is 10.2. The highest BCUT2D eigenvalue weighted by atomic mass is 19.1. The maximum atomic E-state index is 13.0. The van der Waals surface area contributed by atoms with Gasteiger partial charge in [-0.15, -0.1) is 0 Å². The topological polar surface area (TPSA) is 90.4 Å². The van der Waals surface area contributed by atoms with Crippen LogP contribution in [-0.4, -0.2) is 4.92 Å². The predicted octanol–water partition coefficient (Wildman–Crippen LogP) is 3.12. The fourth-order valence-corrected chi connectivity index (χ4v) is 1.69. The maximum Gasteiger partial charge on any atom is 0.275 e. The minimum Gasteiger partial charge on any atom is -0.457 e. The van der Waals surface area contributed by atoms with E-state index in [2.05, 4.69) is 5.43 Å². The minimum absolute atomic E-state index is 0.157. The van der Waals surface area contributed by atoms with E-state index in [9.17, 15) is 14.5 Å². The Balaban J connectivity index is 2.37. The first-order chi connectivity index (χ1) is 9.49. The first-order valence-corrected chi connectivity index (χ1v) is 5.69. The highest BCUT2D eigenvalue weighted by Gasteiger charge is 2.11.